The van der Waals surface area contributed by atoms with Crippen LogP contribution < -0.4 is 0 Å². The number of hydrogen-bond donors (Lipinski definition) is 0. The quantitative estimate of drug-likeness (QED) is 0.732. The molecule has 0 aromatic heterocycles. The number of ketones is 1. The van der Waals surface area contributed by atoms with E-state index in [0.717, 1.165) is 6.42 Å². The van der Waals surface area contributed by atoms with Crippen LogP contribution in [0.15, 0.2) is 0 Å². The molecule has 5 heteroatoms. The minimum absolute atomic E-state index is 0.0103. The highest BCUT2D eigenvalue weighted by Crippen LogP contribution is 2.38. The fourth-order valence-electron chi connectivity index (χ4n) is 2.11. The first-order valence-electron chi connectivity index (χ1n) is 5.61. The van der Waals surface area contributed by atoms with Crippen LogP contribution in [0.25, 0.3) is 0 Å². The lowest BCUT2D eigenvalue weighted by molar-refractivity contribution is -0.123. The minimum Gasteiger partial charge on any atom is -0.298 e. The second kappa shape index (κ2) is 4.96. The molecule has 0 saturated heterocycles. The van der Waals surface area contributed by atoms with Crippen molar-refractivity contribution in [3.8, 4) is 6.07 Å². The Hall–Kier alpha value is -0.890. The summed E-state index contributed by atoms with van der Waals surface area (Å²) in [6.07, 6.45) is 2.62. The monoisotopic (exact) mass is 243 g/mol. The highest BCUT2D eigenvalue weighted by molar-refractivity contribution is 7.91. The number of carbonyl (C=O) groups excluding carboxylic acids is 1. The summed E-state index contributed by atoms with van der Waals surface area (Å²) in [7, 11) is -2.98. The predicted octanol–water partition coefficient (Wildman–Crippen LogP) is 1.46. The third kappa shape index (κ3) is 2.82. The number of nitrogens with zero attached hydrogens (tertiary/aromatic N) is 1. The predicted molar refractivity (Wildman–Crippen MR) is 60.5 cm³/mol. The van der Waals surface area contributed by atoms with Gasteiger partial charge in [-0.2, -0.15) is 5.26 Å². The van der Waals surface area contributed by atoms with E-state index in [1.807, 2.05) is 0 Å². The molecule has 1 atom stereocenters. The summed E-state index contributed by atoms with van der Waals surface area (Å²) in [5, 5.41) is 9.05. The van der Waals surface area contributed by atoms with Crippen molar-refractivity contribution in [2.24, 2.45) is 5.41 Å². The lowest BCUT2D eigenvalue weighted by atomic mass is 9.82. The van der Waals surface area contributed by atoms with Crippen LogP contribution >= 0.6 is 0 Å². The van der Waals surface area contributed by atoms with Crippen LogP contribution in [0, 0.1) is 16.7 Å². The maximum Gasteiger partial charge on any atom is 0.153 e. The van der Waals surface area contributed by atoms with Crippen molar-refractivity contribution in [2.45, 2.75) is 39.0 Å². The molecule has 0 aliphatic heterocycles. The Bertz CT molecular complexity index is 407. The number of sulfone groups is 1. The van der Waals surface area contributed by atoms with Crippen molar-refractivity contribution in [1.29, 1.82) is 5.26 Å². The molecular formula is C11H17NO3S. The zero-order chi connectivity index (χ0) is 12.2. The van der Waals surface area contributed by atoms with Crippen molar-refractivity contribution >= 4 is 15.6 Å². The summed E-state index contributed by atoms with van der Waals surface area (Å²) >= 11 is 0. The van der Waals surface area contributed by atoms with Gasteiger partial charge in [0.1, 0.15) is 15.3 Å². The molecule has 0 bridgehead atoms. The van der Waals surface area contributed by atoms with Crippen molar-refractivity contribution in [2.75, 3.05) is 11.5 Å². The maximum absolute atomic E-state index is 11.6. The fourth-order valence-corrected chi connectivity index (χ4v) is 2.98. The van der Waals surface area contributed by atoms with E-state index in [1.165, 1.54) is 0 Å². The molecule has 4 nitrogen and oxygen atoms in total. The molecule has 1 aliphatic rings. The van der Waals surface area contributed by atoms with E-state index in [4.69, 9.17) is 5.26 Å². The Morgan fingerprint density at radius 2 is 2.19 bits per heavy atom. The lowest BCUT2D eigenvalue weighted by Gasteiger charge is -2.17. The van der Waals surface area contributed by atoms with E-state index in [-0.39, 0.29) is 17.3 Å². The van der Waals surface area contributed by atoms with E-state index in [1.54, 1.807) is 6.92 Å². The van der Waals surface area contributed by atoms with Gasteiger partial charge in [-0.25, -0.2) is 8.42 Å². The van der Waals surface area contributed by atoms with E-state index in [9.17, 15) is 13.2 Å². The van der Waals surface area contributed by atoms with Crippen molar-refractivity contribution in [3.63, 3.8) is 0 Å². The molecule has 1 saturated carbocycles. The van der Waals surface area contributed by atoms with Crippen LogP contribution in [0.4, 0.5) is 0 Å². The van der Waals surface area contributed by atoms with Crippen LogP contribution in [-0.2, 0) is 14.6 Å². The van der Waals surface area contributed by atoms with Crippen LogP contribution in [0.2, 0.25) is 0 Å². The number of nitriles is 1. The van der Waals surface area contributed by atoms with Gasteiger partial charge in [0.25, 0.3) is 0 Å². The Morgan fingerprint density at radius 3 is 2.62 bits per heavy atom. The van der Waals surface area contributed by atoms with Crippen LogP contribution in [0.3, 0.4) is 0 Å². The Morgan fingerprint density at radius 1 is 1.50 bits per heavy atom. The first-order valence-corrected chi connectivity index (χ1v) is 7.43. The molecule has 0 aromatic carbocycles. The summed E-state index contributed by atoms with van der Waals surface area (Å²) in [5.74, 6) is 0.199. The Labute approximate surface area is 96.6 Å². The number of rotatable bonds is 5. The van der Waals surface area contributed by atoms with Crippen LogP contribution in [0.5, 0.6) is 0 Å². The maximum atomic E-state index is 11.6. The number of carbonyl (C=O) groups is 1. The second-order valence-electron chi connectivity index (χ2n) is 4.31. The van der Waals surface area contributed by atoms with Crippen LogP contribution in [0.1, 0.15) is 39.0 Å². The molecule has 0 radical (unpaired) electrons. The molecule has 1 unspecified atom stereocenters. The van der Waals surface area contributed by atoms with E-state index >= 15 is 0 Å². The molecule has 90 valence electrons. The normalized spacial score (nSPS) is 25.6. The van der Waals surface area contributed by atoms with Gasteiger partial charge in [-0.1, -0.05) is 6.92 Å². The van der Waals surface area contributed by atoms with Gasteiger partial charge in [0.2, 0.25) is 0 Å². The molecule has 1 rings (SSSR count). The molecule has 0 aromatic rings. The van der Waals surface area contributed by atoms with Gasteiger partial charge >= 0.3 is 0 Å². The molecule has 0 heterocycles. The van der Waals surface area contributed by atoms with Crippen molar-refractivity contribution < 1.29 is 13.2 Å². The van der Waals surface area contributed by atoms with Crippen LogP contribution in [-0.4, -0.2) is 25.7 Å². The van der Waals surface area contributed by atoms with Gasteiger partial charge in [0.05, 0.1) is 11.8 Å². The average Bonchev–Trinajstić information content (AvgIpc) is 2.61. The second-order valence-corrected chi connectivity index (χ2v) is 6.78. The first kappa shape index (κ1) is 13.2. The zero-order valence-electron chi connectivity index (χ0n) is 9.53. The van der Waals surface area contributed by atoms with E-state index in [0.29, 0.717) is 25.7 Å². The topological polar surface area (TPSA) is 75.0 Å². The molecule has 0 amide bonds. The SMILES string of the molecule is CCS(=O)(=O)CCCC1(C#N)CCCC1=O. The third-order valence-electron chi connectivity index (χ3n) is 3.25. The highest BCUT2D eigenvalue weighted by atomic mass is 32.2. The smallest absolute Gasteiger partial charge is 0.153 e. The summed E-state index contributed by atoms with van der Waals surface area (Å²) in [6, 6.07) is 2.09. The summed E-state index contributed by atoms with van der Waals surface area (Å²) in [5.41, 5.74) is -0.886. The molecule has 0 N–H and O–H groups in total. The first-order chi connectivity index (χ1) is 7.46. The lowest BCUT2D eigenvalue weighted by Crippen LogP contribution is -2.24. The van der Waals surface area contributed by atoms with Gasteiger partial charge in [-0.3, -0.25) is 4.79 Å². The Balaban J connectivity index is 2.55. The highest BCUT2D eigenvalue weighted by Gasteiger charge is 2.41. The van der Waals surface area contributed by atoms with Crippen molar-refractivity contribution in [1.82, 2.24) is 0 Å². The van der Waals surface area contributed by atoms with Gasteiger partial charge in [-0.05, 0) is 25.7 Å². The molecule has 16 heavy (non-hydrogen) atoms. The minimum atomic E-state index is -2.98. The van der Waals surface area contributed by atoms with Gasteiger partial charge < -0.3 is 0 Å². The number of hydrogen-bond acceptors (Lipinski definition) is 4. The van der Waals surface area contributed by atoms with Gasteiger partial charge in [-0.15, -0.1) is 0 Å². The zero-order valence-corrected chi connectivity index (χ0v) is 10.3. The molecule has 0 spiro atoms. The standard InChI is InChI=1S/C11H17NO3S/c1-2-16(14,15)8-4-7-11(9-12)6-3-5-10(11)13/h2-8H2,1H3. The number of Topliss-reactive ketones (excluding diaryl/α,β-unsaturated/α-hetero) is 1. The fraction of sp³-hybridized carbons (Fsp3) is 0.818. The largest absolute Gasteiger partial charge is 0.298 e. The summed E-state index contributed by atoms with van der Waals surface area (Å²) in [4.78, 5) is 11.6. The third-order valence-corrected chi connectivity index (χ3v) is 5.04. The molecule has 1 fully saturated rings. The average molecular weight is 243 g/mol. The van der Waals surface area contributed by atoms with E-state index < -0.39 is 15.3 Å². The summed E-state index contributed by atoms with van der Waals surface area (Å²) < 4.78 is 22.6. The molecular weight excluding hydrogens is 226 g/mol. The Kier molecular flexibility index (Phi) is 4.09. The van der Waals surface area contributed by atoms with Gasteiger partial charge in [0, 0.05) is 12.2 Å². The van der Waals surface area contributed by atoms with E-state index in [2.05, 4.69) is 6.07 Å². The van der Waals surface area contributed by atoms with Gasteiger partial charge in [0.15, 0.2) is 5.78 Å². The van der Waals surface area contributed by atoms with Crippen molar-refractivity contribution in [3.05, 3.63) is 0 Å². The summed E-state index contributed by atoms with van der Waals surface area (Å²) in [6.45, 7) is 1.61. The molecule has 1 aliphatic carbocycles.